The number of carbonyl (C=O) groups is 1. The molecule has 0 aliphatic heterocycles. The Morgan fingerprint density at radius 1 is 1.04 bits per heavy atom. The number of anilines is 1. The van der Waals surface area contributed by atoms with Gasteiger partial charge in [0.25, 0.3) is 5.91 Å². The van der Waals surface area contributed by atoms with Gasteiger partial charge in [0.15, 0.2) is 0 Å². The van der Waals surface area contributed by atoms with Gasteiger partial charge < -0.3 is 5.11 Å². The third-order valence-electron chi connectivity index (χ3n) is 3.19. The highest BCUT2D eigenvalue weighted by Crippen LogP contribution is 2.20. The van der Waals surface area contributed by atoms with Gasteiger partial charge in [0.05, 0.1) is 17.3 Å². The van der Waals surface area contributed by atoms with Crippen molar-refractivity contribution >= 4 is 11.6 Å². The number of aromatic hydroxyl groups is 1. The van der Waals surface area contributed by atoms with Crippen molar-refractivity contribution in [3.8, 4) is 11.8 Å². The quantitative estimate of drug-likeness (QED) is 0.798. The van der Waals surface area contributed by atoms with Crippen LogP contribution in [0.3, 0.4) is 0 Å². The minimum Gasteiger partial charge on any atom is -0.508 e. The number of aromatic nitrogens is 3. The van der Waals surface area contributed by atoms with Crippen molar-refractivity contribution in [3.63, 3.8) is 0 Å². The van der Waals surface area contributed by atoms with Crippen LogP contribution in [-0.2, 0) is 0 Å². The Labute approximate surface area is 131 Å². The first kappa shape index (κ1) is 14.3. The summed E-state index contributed by atoms with van der Waals surface area (Å²) < 4.78 is 1.44. The largest absolute Gasteiger partial charge is 0.508 e. The molecule has 0 fully saturated rings. The fourth-order valence-corrected chi connectivity index (χ4v) is 2.06. The first-order valence-electron chi connectivity index (χ1n) is 6.67. The van der Waals surface area contributed by atoms with Crippen LogP contribution in [0.25, 0.3) is 0 Å². The van der Waals surface area contributed by atoms with Crippen molar-refractivity contribution in [2.45, 2.75) is 0 Å². The second-order valence-corrected chi connectivity index (χ2v) is 4.66. The first-order chi connectivity index (χ1) is 11.2. The number of hydrogen-bond donors (Lipinski definition) is 1. The standard InChI is InChI=1S/C16H11N5O2/c17-9-12-1-5-14(6-2-12)21(20-10-18-19-11-20)16(23)13-3-7-15(22)8-4-13/h1-8,10-11,22H. The molecule has 0 unspecified atom stereocenters. The number of phenolic OH excluding ortho intramolecular Hbond substituents is 1. The fourth-order valence-electron chi connectivity index (χ4n) is 2.06. The topological polar surface area (TPSA) is 95.0 Å². The van der Waals surface area contributed by atoms with Crippen molar-refractivity contribution in [2.75, 3.05) is 5.01 Å². The van der Waals surface area contributed by atoms with Crippen LogP contribution in [0.15, 0.2) is 61.2 Å². The summed E-state index contributed by atoms with van der Waals surface area (Å²) in [7, 11) is 0. The van der Waals surface area contributed by atoms with Gasteiger partial charge in [-0.05, 0) is 48.5 Å². The van der Waals surface area contributed by atoms with Crippen molar-refractivity contribution in [2.24, 2.45) is 0 Å². The summed E-state index contributed by atoms with van der Waals surface area (Å²) in [5.74, 6) is -0.245. The van der Waals surface area contributed by atoms with Crippen LogP contribution in [-0.4, -0.2) is 25.9 Å². The molecule has 0 saturated heterocycles. The van der Waals surface area contributed by atoms with Crippen molar-refractivity contribution in [1.82, 2.24) is 14.9 Å². The summed E-state index contributed by atoms with van der Waals surface area (Å²) in [6, 6.07) is 14.5. The number of nitriles is 1. The normalized spacial score (nSPS) is 10.0. The third-order valence-corrected chi connectivity index (χ3v) is 3.19. The van der Waals surface area contributed by atoms with Gasteiger partial charge in [-0.3, -0.25) is 4.79 Å². The monoisotopic (exact) mass is 305 g/mol. The molecule has 112 valence electrons. The van der Waals surface area contributed by atoms with E-state index in [4.69, 9.17) is 5.26 Å². The minimum absolute atomic E-state index is 0.0794. The third kappa shape index (κ3) is 2.87. The molecule has 1 amide bonds. The molecular formula is C16H11N5O2. The van der Waals surface area contributed by atoms with Crippen LogP contribution in [0.1, 0.15) is 15.9 Å². The lowest BCUT2D eigenvalue weighted by atomic mass is 10.1. The highest BCUT2D eigenvalue weighted by molar-refractivity contribution is 6.05. The van der Waals surface area contributed by atoms with Gasteiger partial charge in [0.1, 0.15) is 18.4 Å². The average molecular weight is 305 g/mol. The molecule has 0 bridgehead atoms. The average Bonchev–Trinajstić information content (AvgIpc) is 3.10. The zero-order valence-corrected chi connectivity index (χ0v) is 11.9. The van der Waals surface area contributed by atoms with Gasteiger partial charge in [-0.15, -0.1) is 10.2 Å². The number of amides is 1. The molecule has 0 saturated carbocycles. The molecule has 0 aliphatic rings. The van der Waals surface area contributed by atoms with Crippen LogP contribution in [0.2, 0.25) is 0 Å². The molecule has 2 aromatic carbocycles. The molecule has 3 aromatic rings. The van der Waals surface area contributed by atoms with Crippen LogP contribution in [0, 0.1) is 11.3 Å². The van der Waals surface area contributed by atoms with Gasteiger partial charge in [0.2, 0.25) is 0 Å². The molecule has 0 aliphatic carbocycles. The Bertz CT molecular complexity index is 849. The number of nitrogens with zero attached hydrogens (tertiary/aromatic N) is 5. The Kier molecular flexibility index (Phi) is 3.72. The lowest BCUT2D eigenvalue weighted by molar-refractivity contribution is 0.0976. The Hall–Kier alpha value is -3.66. The smallest absolute Gasteiger partial charge is 0.277 e. The molecule has 7 heteroatoms. The molecule has 1 heterocycles. The van der Waals surface area contributed by atoms with Crippen molar-refractivity contribution in [1.29, 1.82) is 5.26 Å². The maximum Gasteiger partial charge on any atom is 0.277 e. The van der Waals surface area contributed by atoms with E-state index in [2.05, 4.69) is 10.2 Å². The number of phenols is 1. The molecule has 0 atom stereocenters. The van der Waals surface area contributed by atoms with Crippen LogP contribution in [0.4, 0.5) is 5.69 Å². The van der Waals surface area contributed by atoms with Crippen LogP contribution in [0.5, 0.6) is 5.75 Å². The zero-order chi connectivity index (χ0) is 16.2. The molecule has 0 radical (unpaired) electrons. The summed E-state index contributed by atoms with van der Waals surface area (Å²) in [6.07, 6.45) is 2.80. The molecule has 1 aromatic heterocycles. The zero-order valence-electron chi connectivity index (χ0n) is 11.9. The van der Waals surface area contributed by atoms with Crippen LogP contribution >= 0.6 is 0 Å². The summed E-state index contributed by atoms with van der Waals surface area (Å²) in [4.78, 5) is 12.8. The predicted octanol–water partition coefficient (Wildman–Crippen LogP) is 1.97. The second-order valence-electron chi connectivity index (χ2n) is 4.66. The predicted molar refractivity (Wildman–Crippen MR) is 81.5 cm³/mol. The first-order valence-corrected chi connectivity index (χ1v) is 6.67. The highest BCUT2D eigenvalue weighted by atomic mass is 16.3. The Balaban J connectivity index is 2.03. The second kappa shape index (κ2) is 5.99. The fraction of sp³-hybridized carbons (Fsp3) is 0. The number of hydrogen-bond acceptors (Lipinski definition) is 5. The SMILES string of the molecule is N#Cc1ccc(N(C(=O)c2ccc(O)cc2)n2cnnc2)cc1. The Morgan fingerprint density at radius 3 is 2.22 bits per heavy atom. The molecule has 1 N–H and O–H groups in total. The number of rotatable bonds is 3. The van der Waals surface area contributed by atoms with E-state index in [9.17, 15) is 9.90 Å². The minimum atomic E-state index is -0.325. The van der Waals surface area contributed by atoms with Crippen molar-refractivity contribution < 1.29 is 9.90 Å². The van der Waals surface area contributed by atoms with E-state index >= 15 is 0 Å². The van der Waals surface area contributed by atoms with Gasteiger partial charge in [0, 0.05) is 5.56 Å². The van der Waals surface area contributed by atoms with E-state index in [1.54, 1.807) is 24.3 Å². The van der Waals surface area contributed by atoms with Gasteiger partial charge in [-0.25, -0.2) is 9.69 Å². The van der Waals surface area contributed by atoms with E-state index < -0.39 is 0 Å². The molecule has 3 rings (SSSR count). The summed E-state index contributed by atoms with van der Waals surface area (Å²) >= 11 is 0. The van der Waals surface area contributed by atoms with E-state index in [1.165, 1.54) is 46.6 Å². The lowest BCUT2D eigenvalue weighted by Crippen LogP contribution is -2.35. The highest BCUT2D eigenvalue weighted by Gasteiger charge is 2.20. The summed E-state index contributed by atoms with van der Waals surface area (Å²) in [5.41, 5.74) is 1.44. The Morgan fingerprint density at radius 2 is 1.65 bits per heavy atom. The number of carbonyl (C=O) groups excluding carboxylic acids is 1. The van der Waals surface area contributed by atoms with E-state index in [-0.39, 0.29) is 11.7 Å². The van der Waals surface area contributed by atoms with Gasteiger partial charge in [-0.1, -0.05) is 0 Å². The maximum atomic E-state index is 12.8. The van der Waals surface area contributed by atoms with Gasteiger partial charge >= 0.3 is 0 Å². The van der Waals surface area contributed by atoms with E-state index in [0.717, 1.165) is 0 Å². The van der Waals surface area contributed by atoms with Crippen molar-refractivity contribution in [3.05, 3.63) is 72.3 Å². The summed E-state index contributed by atoms with van der Waals surface area (Å²) in [5, 5.41) is 27.0. The summed E-state index contributed by atoms with van der Waals surface area (Å²) in [6.45, 7) is 0. The number of benzene rings is 2. The van der Waals surface area contributed by atoms with E-state index in [1.807, 2.05) is 6.07 Å². The van der Waals surface area contributed by atoms with Crippen LogP contribution < -0.4 is 5.01 Å². The molecule has 7 nitrogen and oxygen atoms in total. The molecule has 23 heavy (non-hydrogen) atoms. The lowest BCUT2D eigenvalue weighted by Gasteiger charge is -2.22. The molecular weight excluding hydrogens is 294 g/mol. The molecule has 0 spiro atoms. The van der Waals surface area contributed by atoms with E-state index in [0.29, 0.717) is 16.8 Å². The van der Waals surface area contributed by atoms with Gasteiger partial charge in [-0.2, -0.15) is 5.26 Å². The maximum absolute atomic E-state index is 12.8.